The molecule has 0 amide bonds. The minimum absolute atomic E-state index is 0.0138. The molecule has 1 aliphatic rings. The van der Waals surface area contributed by atoms with Crippen LogP contribution in [0.25, 0.3) is 10.2 Å². The van der Waals surface area contributed by atoms with E-state index in [1.807, 2.05) is 12.1 Å². The quantitative estimate of drug-likeness (QED) is 0.324. The van der Waals surface area contributed by atoms with Gasteiger partial charge in [-0.1, -0.05) is 42.7 Å². The first-order valence-corrected chi connectivity index (χ1v) is 13.2. The lowest BCUT2D eigenvalue weighted by Crippen LogP contribution is -2.33. The van der Waals surface area contributed by atoms with Crippen LogP contribution in [0.4, 0.5) is 0 Å². The van der Waals surface area contributed by atoms with Crippen molar-refractivity contribution in [2.75, 3.05) is 27.3 Å². The fraction of sp³-hybridized carbons (Fsp3) is 0.519. The van der Waals surface area contributed by atoms with Crippen LogP contribution in [0.5, 0.6) is 11.5 Å². The molecule has 7 heteroatoms. The van der Waals surface area contributed by atoms with Crippen molar-refractivity contribution in [3.8, 4) is 11.5 Å². The number of ether oxygens (including phenoxy) is 2. The number of nitrogens with two attached hydrogens (primary N) is 1. The van der Waals surface area contributed by atoms with Gasteiger partial charge in [0.1, 0.15) is 0 Å². The van der Waals surface area contributed by atoms with Crippen molar-refractivity contribution in [2.24, 2.45) is 5.73 Å². The molecule has 2 atom stereocenters. The van der Waals surface area contributed by atoms with Crippen molar-refractivity contribution in [1.82, 2.24) is 10.3 Å². The van der Waals surface area contributed by atoms with E-state index in [9.17, 15) is 4.79 Å². The maximum atomic E-state index is 11.5. The van der Waals surface area contributed by atoms with Gasteiger partial charge in [-0.3, -0.25) is 4.79 Å². The van der Waals surface area contributed by atoms with Crippen LogP contribution in [0.2, 0.25) is 0 Å². The second-order valence-electron chi connectivity index (χ2n) is 9.23. The van der Waals surface area contributed by atoms with Crippen LogP contribution in [0.15, 0.2) is 35.1 Å². The molecule has 0 radical (unpaired) electrons. The molecule has 2 aromatic carbocycles. The zero-order valence-corrected chi connectivity index (χ0v) is 21.1. The third-order valence-electron chi connectivity index (χ3n) is 7.02. The number of benzene rings is 2. The molecule has 0 spiro atoms. The number of rotatable bonds is 12. The summed E-state index contributed by atoms with van der Waals surface area (Å²) < 4.78 is 12.2. The van der Waals surface area contributed by atoms with E-state index in [-0.39, 0.29) is 10.9 Å². The first-order valence-electron chi connectivity index (χ1n) is 12.4. The van der Waals surface area contributed by atoms with Gasteiger partial charge in [-0.05, 0) is 80.4 Å². The fourth-order valence-electron chi connectivity index (χ4n) is 5.19. The number of fused-ring (bicyclic) bond motifs is 2. The van der Waals surface area contributed by atoms with Gasteiger partial charge in [-0.2, -0.15) is 0 Å². The molecular formula is C27H37N3O3S. The minimum Gasteiger partial charge on any atom is -0.493 e. The van der Waals surface area contributed by atoms with E-state index in [0.29, 0.717) is 5.92 Å². The van der Waals surface area contributed by atoms with Crippen molar-refractivity contribution in [3.05, 3.63) is 56.7 Å². The largest absolute Gasteiger partial charge is 0.493 e. The van der Waals surface area contributed by atoms with Crippen molar-refractivity contribution in [3.63, 3.8) is 0 Å². The maximum Gasteiger partial charge on any atom is 0.305 e. The van der Waals surface area contributed by atoms with Gasteiger partial charge < -0.3 is 25.5 Å². The molecule has 4 rings (SSSR count). The lowest BCUT2D eigenvalue weighted by Gasteiger charge is -2.32. The molecule has 0 fully saturated rings. The standard InChI is InChI=1S/C27H37N3O3S/c1-32-24-13-10-19-20(22(28)11-9-21(19)26(24)33-2)7-5-3-4-6-15-29-16-14-18-8-12-23-25(17-18)34-27(31)30-23/h8,10,12-13,17,20,22,29H,3-7,9,11,14-16,28H2,1-2H3,(H,30,31). The molecule has 0 bridgehead atoms. The number of unbranched alkanes of at least 4 members (excludes halogenated alkanes) is 3. The Kier molecular flexibility index (Phi) is 8.64. The Morgan fingerprint density at radius 3 is 2.76 bits per heavy atom. The van der Waals surface area contributed by atoms with E-state index < -0.39 is 0 Å². The van der Waals surface area contributed by atoms with Crippen LogP contribution in [-0.4, -0.2) is 38.3 Å². The number of nitrogens with one attached hydrogen (secondary N) is 2. The third kappa shape index (κ3) is 5.82. The predicted octanol–water partition coefficient (Wildman–Crippen LogP) is 4.75. The Morgan fingerprint density at radius 1 is 1.09 bits per heavy atom. The SMILES string of the molecule is COc1ccc2c(c1OC)CCC(N)C2CCCCCCNCCc1ccc2[nH]c(=O)sc2c1. The van der Waals surface area contributed by atoms with Crippen molar-refractivity contribution in [1.29, 1.82) is 0 Å². The molecular weight excluding hydrogens is 446 g/mol. The average molecular weight is 484 g/mol. The van der Waals surface area contributed by atoms with E-state index in [2.05, 4.69) is 28.5 Å². The summed E-state index contributed by atoms with van der Waals surface area (Å²) in [6.07, 6.45) is 8.93. The number of H-pyrrole nitrogens is 1. The first kappa shape index (κ1) is 24.8. The summed E-state index contributed by atoms with van der Waals surface area (Å²) in [4.78, 5) is 14.3. The summed E-state index contributed by atoms with van der Waals surface area (Å²) in [6.45, 7) is 2.01. The van der Waals surface area contributed by atoms with Gasteiger partial charge in [0, 0.05) is 11.6 Å². The van der Waals surface area contributed by atoms with Gasteiger partial charge in [-0.15, -0.1) is 0 Å². The summed E-state index contributed by atoms with van der Waals surface area (Å²) >= 11 is 1.28. The van der Waals surface area contributed by atoms with Gasteiger partial charge >= 0.3 is 4.87 Å². The Morgan fingerprint density at radius 2 is 1.94 bits per heavy atom. The van der Waals surface area contributed by atoms with E-state index in [4.69, 9.17) is 15.2 Å². The highest BCUT2D eigenvalue weighted by molar-refractivity contribution is 7.16. The van der Waals surface area contributed by atoms with Gasteiger partial charge in [0.25, 0.3) is 0 Å². The van der Waals surface area contributed by atoms with Gasteiger partial charge in [0.2, 0.25) is 0 Å². The molecule has 0 aliphatic heterocycles. The van der Waals surface area contributed by atoms with Crippen LogP contribution in [-0.2, 0) is 12.8 Å². The highest BCUT2D eigenvalue weighted by atomic mass is 32.1. The molecule has 1 aliphatic carbocycles. The van der Waals surface area contributed by atoms with Crippen molar-refractivity contribution in [2.45, 2.75) is 63.3 Å². The lowest BCUT2D eigenvalue weighted by molar-refractivity contribution is 0.343. The maximum absolute atomic E-state index is 11.5. The first-order chi connectivity index (χ1) is 16.6. The molecule has 1 heterocycles. The van der Waals surface area contributed by atoms with E-state index in [1.165, 1.54) is 53.7 Å². The molecule has 1 aromatic heterocycles. The molecule has 2 unspecified atom stereocenters. The molecule has 3 aromatic rings. The summed E-state index contributed by atoms with van der Waals surface area (Å²) in [5.41, 5.74) is 11.4. The number of aromatic nitrogens is 1. The number of hydrogen-bond acceptors (Lipinski definition) is 6. The van der Waals surface area contributed by atoms with Crippen LogP contribution >= 0.6 is 11.3 Å². The molecule has 34 heavy (non-hydrogen) atoms. The molecule has 4 N–H and O–H groups in total. The highest BCUT2D eigenvalue weighted by Crippen LogP contribution is 2.43. The monoisotopic (exact) mass is 483 g/mol. The predicted molar refractivity (Wildman–Crippen MR) is 141 cm³/mol. The lowest BCUT2D eigenvalue weighted by atomic mass is 9.76. The van der Waals surface area contributed by atoms with Crippen molar-refractivity contribution < 1.29 is 9.47 Å². The van der Waals surface area contributed by atoms with E-state index in [1.54, 1.807) is 14.2 Å². The van der Waals surface area contributed by atoms with E-state index in [0.717, 1.165) is 60.5 Å². The zero-order chi connectivity index (χ0) is 23.9. The Balaban J connectivity index is 1.15. The minimum atomic E-state index is 0.0138. The molecule has 184 valence electrons. The van der Waals surface area contributed by atoms with Crippen LogP contribution < -0.4 is 25.4 Å². The van der Waals surface area contributed by atoms with Gasteiger partial charge in [0.05, 0.1) is 24.4 Å². The van der Waals surface area contributed by atoms with Crippen molar-refractivity contribution >= 4 is 21.6 Å². The second-order valence-corrected chi connectivity index (χ2v) is 10.2. The topological polar surface area (TPSA) is 89.4 Å². The Hall–Kier alpha value is -2.35. The Labute approximate surface area is 205 Å². The summed E-state index contributed by atoms with van der Waals surface area (Å²) in [7, 11) is 3.42. The van der Waals surface area contributed by atoms with E-state index >= 15 is 0 Å². The summed E-state index contributed by atoms with van der Waals surface area (Å²) in [6, 6.07) is 10.7. The van der Waals surface area contributed by atoms with Crippen LogP contribution in [0.3, 0.4) is 0 Å². The Bertz CT molecular complexity index is 1140. The smallest absolute Gasteiger partial charge is 0.305 e. The number of aromatic amines is 1. The third-order valence-corrected chi connectivity index (χ3v) is 7.87. The summed E-state index contributed by atoms with van der Waals surface area (Å²) in [5, 5.41) is 3.56. The fourth-order valence-corrected chi connectivity index (χ4v) is 5.99. The summed E-state index contributed by atoms with van der Waals surface area (Å²) in [5.74, 6) is 2.09. The zero-order valence-electron chi connectivity index (χ0n) is 20.3. The number of hydrogen-bond donors (Lipinski definition) is 3. The molecule has 0 saturated heterocycles. The van der Waals surface area contributed by atoms with Gasteiger partial charge in [-0.25, -0.2) is 0 Å². The number of thiazole rings is 1. The molecule has 6 nitrogen and oxygen atoms in total. The van der Waals surface area contributed by atoms with Crippen LogP contribution in [0, 0.1) is 0 Å². The average Bonchev–Trinajstić information content (AvgIpc) is 3.22. The second kappa shape index (κ2) is 11.9. The van der Waals surface area contributed by atoms with Crippen LogP contribution in [0.1, 0.15) is 61.1 Å². The normalized spacial score (nSPS) is 17.6. The van der Waals surface area contributed by atoms with Gasteiger partial charge in [0.15, 0.2) is 11.5 Å². The highest BCUT2D eigenvalue weighted by Gasteiger charge is 2.29. The molecule has 0 saturated carbocycles. The number of methoxy groups -OCH3 is 2.